The molecule has 156 valence electrons. The van der Waals surface area contributed by atoms with Crippen LogP contribution in [0, 0.1) is 0 Å². The molecule has 2 aromatic carbocycles. The molecule has 1 atom stereocenters. The number of ether oxygens (including phenoxy) is 1. The minimum atomic E-state index is -0.353. The van der Waals surface area contributed by atoms with Crippen LogP contribution in [0.15, 0.2) is 51.7 Å². The van der Waals surface area contributed by atoms with Crippen molar-refractivity contribution in [1.29, 1.82) is 0 Å². The fraction of sp³-hybridized carbons (Fsp3) is 0.333. The molecule has 6 heteroatoms. The van der Waals surface area contributed by atoms with Gasteiger partial charge in [-0.05, 0) is 41.2 Å². The molecule has 1 aliphatic rings. The molecule has 1 aromatic heterocycles. The fourth-order valence-electron chi connectivity index (χ4n) is 4.15. The minimum Gasteiger partial charge on any atom is -0.507 e. The zero-order valence-electron chi connectivity index (χ0n) is 17.2. The fourth-order valence-corrected chi connectivity index (χ4v) is 4.15. The van der Waals surface area contributed by atoms with Crippen LogP contribution >= 0.6 is 0 Å². The third-order valence-corrected chi connectivity index (χ3v) is 5.80. The van der Waals surface area contributed by atoms with Gasteiger partial charge in [-0.1, -0.05) is 37.3 Å². The molecule has 3 aromatic rings. The summed E-state index contributed by atoms with van der Waals surface area (Å²) in [5, 5.41) is 11.4. The van der Waals surface area contributed by atoms with E-state index >= 15 is 0 Å². The lowest BCUT2D eigenvalue weighted by Gasteiger charge is -2.29. The predicted octanol–water partition coefficient (Wildman–Crippen LogP) is 3.72. The number of carbonyl (C=O) groups is 1. The van der Waals surface area contributed by atoms with Crippen LogP contribution in [0.2, 0.25) is 0 Å². The maximum atomic E-state index is 12.6. The monoisotopic (exact) mass is 407 g/mol. The number of phenolic OH excluding ortho intramolecular Hbond substituents is 1. The number of esters is 1. The third-order valence-electron chi connectivity index (χ3n) is 5.80. The number of benzene rings is 2. The van der Waals surface area contributed by atoms with E-state index in [1.807, 2.05) is 25.1 Å². The summed E-state index contributed by atoms with van der Waals surface area (Å²) in [6.45, 7) is 3.97. The maximum Gasteiger partial charge on any atom is 0.339 e. The van der Waals surface area contributed by atoms with Crippen molar-refractivity contribution in [3.63, 3.8) is 0 Å². The third kappa shape index (κ3) is 3.96. The van der Waals surface area contributed by atoms with E-state index in [9.17, 15) is 14.7 Å². The van der Waals surface area contributed by atoms with Gasteiger partial charge in [0.25, 0.3) is 0 Å². The van der Waals surface area contributed by atoms with Gasteiger partial charge < -0.3 is 14.3 Å². The molecule has 0 bridgehead atoms. The first kappa shape index (κ1) is 20.2. The lowest BCUT2D eigenvalue weighted by molar-refractivity contribution is -0.140. The molecule has 0 fully saturated rings. The SMILES string of the molecule is COC(=O)CC(C)c1cc(O)c2c3c(c(=O)oc2c1)CCN(Cc1ccccc1)C3. The van der Waals surface area contributed by atoms with Crippen LogP contribution < -0.4 is 5.63 Å². The summed E-state index contributed by atoms with van der Waals surface area (Å²) >= 11 is 0. The van der Waals surface area contributed by atoms with Crippen LogP contribution in [0.5, 0.6) is 5.75 Å². The van der Waals surface area contributed by atoms with Gasteiger partial charge in [0.1, 0.15) is 11.3 Å². The Morgan fingerprint density at radius 2 is 2.00 bits per heavy atom. The zero-order valence-corrected chi connectivity index (χ0v) is 17.2. The smallest absolute Gasteiger partial charge is 0.339 e. The Hall–Kier alpha value is -3.12. The first-order valence-corrected chi connectivity index (χ1v) is 10.1. The average molecular weight is 407 g/mol. The second-order valence-electron chi connectivity index (χ2n) is 7.89. The van der Waals surface area contributed by atoms with Crippen molar-refractivity contribution >= 4 is 16.9 Å². The van der Waals surface area contributed by atoms with Crippen LogP contribution in [0.25, 0.3) is 11.0 Å². The highest BCUT2D eigenvalue weighted by molar-refractivity contribution is 5.88. The number of nitrogens with zero attached hydrogens (tertiary/aromatic N) is 1. The van der Waals surface area contributed by atoms with E-state index in [-0.39, 0.29) is 29.7 Å². The second kappa shape index (κ2) is 8.32. The number of hydrogen-bond donors (Lipinski definition) is 1. The van der Waals surface area contributed by atoms with E-state index in [0.717, 1.165) is 24.2 Å². The molecule has 0 aliphatic carbocycles. The molecular weight excluding hydrogens is 382 g/mol. The van der Waals surface area contributed by atoms with E-state index in [2.05, 4.69) is 17.0 Å². The molecule has 2 heterocycles. The van der Waals surface area contributed by atoms with Crippen molar-refractivity contribution in [1.82, 2.24) is 4.90 Å². The normalized spacial score (nSPS) is 15.0. The van der Waals surface area contributed by atoms with Gasteiger partial charge in [-0.25, -0.2) is 4.79 Å². The van der Waals surface area contributed by atoms with Crippen LogP contribution in [0.3, 0.4) is 0 Å². The number of rotatable bonds is 5. The van der Waals surface area contributed by atoms with Crippen LogP contribution in [0.4, 0.5) is 0 Å². The van der Waals surface area contributed by atoms with E-state index in [1.54, 1.807) is 12.1 Å². The highest BCUT2D eigenvalue weighted by atomic mass is 16.5. The summed E-state index contributed by atoms with van der Waals surface area (Å²) in [5.41, 5.74) is 3.40. The van der Waals surface area contributed by atoms with E-state index in [4.69, 9.17) is 9.15 Å². The van der Waals surface area contributed by atoms with Crippen molar-refractivity contribution in [2.45, 2.75) is 38.8 Å². The quantitative estimate of drug-likeness (QED) is 0.513. The van der Waals surface area contributed by atoms with Gasteiger partial charge in [0.15, 0.2) is 0 Å². The largest absolute Gasteiger partial charge is 0.507 e. The van der Waals surface area contributed by atoms with Gasteiger partial charge in [-0.2, -0.15) is 0 Å². The van der Waals surface area contributed by atoms with E-state index in [0.29, 0.717) is 29.5 Å². The predicted molar refractivity (Wildman–Crippen MR) is 113 cm³/mol. The maximum absolute atomic E-state index is 12.6. The molecule has 30 heavy (non-hydrogen) atoms. The van der Waals surface area contributed by atoms with Gasteiger partial charge in [0.05, 0.1) is 18.9 Å². The Morgan fingerprint density at radius 3 is 2.73 bits per heavy atom. The van der Waals surface area contributed by atoms with Gasteiger partial charge in [0.2, 0.25) is 0 Å². The summed E-state index contributed by atoms with van der Waals surface area (Å²) < 4.78 is 10.3. The average Bonchev–Trinajstić information content (AvgIpc) is 2.73. The van der Waals surface area contributed by atoms with E-state index in [1.165, 1.54) is 12.7 Å². The van der Waals surface area contributed by atoms with E-state index < -0.39 is 0 Å². The number of methoxy groups -OCH3 is 1. The Morgan fingerprint density at radius 1 is 1.23 bits per heavy atom. The van der Waals surface area contributed by atoms with Gasteiger partial charge in [0, 0.05) is 25.2 Å². The highest BCUT2D eigenvalue weighted by Gasteiger charge is 2.25. The topological polar surface area (TPSA) is 80.0 Å². The molecule has 0 saturated carbocycles. The molecule has 1 N–H and O–H groups in total. The van der Waals surface area contributed by atoms with Gasteiger partial charge >= 0.3 is 11.6 Å². The van der Waals surface area contributed by atoms with Crippen molar-refractivity contribution in [3.8, 4) is 5.75 Å². The Bertz CT molecular complexity index is 1140. The standard InChI is InChI=1S/C24H25NO5/c1-15(10-22(27)29-2)17-11-20(26)23-19-14-25(13-16-6-4-3-5-7-16)9-8-18(19)24(28)30-21(23)12-17/h3-7,11-12,15,26H,8-10,13-14H2,1-2H3. The summed E-state index contributed by atoms with van der Waals surface area (Å²) in [6.07, 6.45) is 0.766. The molecule has 1 aliphatic heterocycles. The lowest BCUT2D eigenvalue weighted by Crippen LogP contribution is -2.33. The van der Waals surface area contributed by atoms with Crippen molar-refractivity contribution in [2.24, 2.45) is 0 Å². The number of hydrogen-bond acceptors (Lipinski definition) is 6. The molecule has 0 saturated heterocycles. The Kier molecular flexibility index (Phi) is 5.59. The van der Waals surface area contributed by atoms with Crippen molar-refractivity contribution in [3.05, 3.63) is 75.1 Å². The van der Waals surface area contributed by atoms with Crippen LogP contribution in [-0.4, -0.2) is 29.6 Å². The molecule has 0 radical (unpaired) electrons. The Balaban J connectivity index is 1.71. The summed E-state index contributed by atoms with van der Waals surface area (Å²) in [7, 11) is 1.35. The first-order valence-electron chi connectivity index (χ1n) is 10.1. The van der Waals surface area contributed by atoms with Gasteiger partial charge in [-0.3, -0.25) is 9.69 Å². The molecule has 0 spiro atoms. The van der Waals surface area contributed by atoms with Crippen molar-refractivity contribution < 1.29 is 19.1 Å². The summed E-state index contributed by atoms with van der Waals surface area (Å²) in [4.78, 5) is 26.5. The first-order chi connectivity index (χ1) is 14.5. The van der Waals surface area contributed by atoms with Crippen LogP contribution in [0.1, 0.15) is 41.5 Å². The number of fused-ring (bicyclic) bond motifs is 3. The lowest BCUT2D eigenvalue weighted by atomic mass is 9.92. The molecule has 6 nitrogen and oxygen atoms in total. The van der Waals surface area contributed by atoms with Gasteiger partial charge in [-0.15, -0.1) is 0 Å². The second-order valence-corrected chi connectivity index (χ2v) is 7.89. The molecule has 1 unspecified atom stereocenters. The highest BCUT2D eigenvalue weighted by Crippen LogP contribution is 2.36. The number of phenols is 1. The zero-order chi connectivity index (χ0) is 21.3. The molecular formula is C24H25NO5. The molecule has 0 amide bonds. The van der Waals surface area contributed by atoms with Crippen LogP contribution in [-0.2, 0) is 29.0 Å². The number of carbonyl (C=O) groups excluding carboxylic acids is 1. The van der Waals surface area contributed by atoms with Crippen molar-refractivity contribution in [2.75, 3.05) is 13.7 Å². The Labute approximate surface area is 174 Å². The summed E-state index contributed by atoms with van der Waals surface area (Å²) in [6, 6.07) is 13.6. The number of aromatic hydroxyl groups is 1. The minimum absolute atomic E-state index is 0.0702. The molecule has 4 rings (SSSR count). The summed E-state index contributed by atoms with van der Waals surface area (Å²) in [5.74, 6) is -0.435.